The number of aryl methyl sites for hydroxylation is 2. The number of nitrogens with two attached hydrogens (primary N) is 1. The number of H-pyrrole nitrogens is 1. The Balaban J connectivity index is 2.44. The lowest BCUT2D eigenvalue weighted by atomic mass is 10.2. The zero-order valence-corrected chi connectivity index (χ0v) is 12.9. The molecule has 2 aromatic rings. The van der Waals surface area contributed by atoms with Crippen molar-refractivity contribution in [2.24, 2.45) is 5.14 Å². The maximum atomic E-state index is 12.2. The zero-order valence-electron chi connectivity index (χ0n) is 11.3. The van der Waals surface area contributed by atoms with Gasteiger partial charge in [-0.3, -0.25) is 4.72 Å². The number of hydrogen-bond acceptors (Lipinski definition) is 5. The molecule has 4 N–H and O–H groups in total. The predicted molar refractivity (Wildman–Crippen MR) is 76.7 cm³/mol. The van der Waals surface area contributed by atoms with E-state index in [1.54, 1.807) is 13.8 Å². The van der Waals surface area contributed by atoms with Crippen LogP contribution >= 0.6 is 0 Å². The van der Waals surface area contributed by atoms with Crippen LogP contribution in [0.25, 0.3) is 0 Å². The quantitative estimate of drug-likeness (QED) is 0.749. The second kappa shape index (κ2) is 5.13. The summed E-state index contributed by atoms with van der Waals surface area (Å²) in [5.74, 6) is 0.449. The number of primary sulfonamides is 1. The molecule has 8 nitrogen and oxygen atoms in total. The van der Waals surface area contributed by atoms with Crippen molar-refractivity contribution in [1.82, 2.24) is 9.97 Å². The van der Waals surface area contributed by atoms with E-state index in [-0.39, 0.29) is 15.6 Å². The van der Waals surface area contributed by atoms with Gasteiger partial charge in [-0.2, -0.15) is 8.42 Å². The number of aromatic amines is 1. The molecule has 10 heteroatoms. The van der Waals surface area contributed by atoms with E-state index in [2.05, 4.69) is 14.7 Å². The summed E-state index contributed by atoms with van der Waals surface area (Å²) < 4.78 is 49.3. The number of rotatable bonds is 4. The van der Waals surface area contributed by atoms with E-state index in [1.807, 2.05) is 0 Å². The average Bonchev–Trinajstić information content (AvgIpc) is 2.78. The molecule has 0 aliphatic heterocycles. The highest BCUT2D eigenvalue weighted by molar-refractivity contribution is 7.92. The molecule has 1 heterocycles. The van der Waals surface area contributed by atoms with Gasteiger partial charge in [0.1, 0.15) is 5.82 Å². The second-order valence-corrected chi connectivity index (χ2v) is 7.67. The highest BCUT2D eigenvalue weighted by Gasteiger charge is 2.19. The normalized spacial score (nSPS) is 12.3. The van der Waals surface area contributed by atoms with Crippen molar-refractivity contribution in [3.05, 3.63) is 35.8 Å². The molecular weight excluding hydrogens is 316 g/mol. The minimum absolute atomic E-state index is 0.111. The third kappa shape index (κ3) is 3.40. The molecule has 0 atom stereocenters. The number of benzene rings is 1. The lowest BCUT2D eigenvalue weighted by Gasteiger charge is -2.10. The monoisotopic (exact) mass is 330 g/mol. The van der Waals surface area contributed by atoms with E-state index >= 15 is 0 Å². The van der Waals surface area contributed by atoms with Crippen molar-refractivity contribution in [2.75, 3.05) is 4.72 Å². The van der Waals surface area contributed by atoms with Gasteiger partial charge >= 0.3 is 0 Å². The molecule has 0 spiro atoms. The zero-order chi connectivity index (χ0) is 15.8. The Labute approximate surface area is 122 Å². The number of imidazole rings is 1. The lowest BCUT2D eigenvalue weighted by molar-refractivity contribution is 0.595. The van der Waals surface area contributed by atoms with Crippen LogP contribution in [0.1, 0.15) is 11.4 Å². The summed E-state index contributed by atoms with van der Waals surface area (Å²) in [6.45, 7) is 3.26. The number of anilines is 1. The summed E-state index contributed by atoms with van der Waals surface area (Å²) in [6.07, 6.45) is 1.18. The van der Waals surface area contributed by atoms with Gasteiger partial charge in [-0.25, -0.2) is 18.5 Å². The van der Waals surface area contributed by atoms with Gasteiger partial charge in [0.2, 0.25) is 10.0 Å². The van der Waals surface area contributed by atoms with E-state index in [9.17, 15) is 16.8 Å². The SMILES string of the molecule is Cc1ncc(S(=O)(=O)Nc2cc(S(N)(=O)=O)ccc2C)[nH]1. The van der Waals surface area contributed by atoms with Gasteiger partial charge in [0.25, 0.3) is 10.0 Å². The Bertz CT molecular complexity index is 885. The maximum Gasteiger partial charge on any atom is 0.278 e. The van der Waals surface area contributed by atoms with Gasteiger partial charge in [0.05, 0.1) is 16.8 Å². The highest BCUT2D eigenvalue weighted by atomic mass is 32.2. The number of sulfonamides is 2. The first-order valence-corrected chi connectivity index (χ1v) is 8.80. The van der Waals surface area contributed by atoms with E-state index in [1.165, 1.54) is 24.4 Å². The molecule has 0 saturated carbocycles. The Hall–Kier alpha value is -1.91. The summed E-state index contributed by atoms with van der Waals surface area (Å²) in [4.78, 5) is 6.24. The van der Waals surface area contributed by atoms with Crippen LogP contribution in [-0.4, -0.2) is 26.8 Å². The fraction of sp³-hybridized carbons (Fsp3) is 0.182. The summed E-state index contributed by atoms with van der Waals surface area (Å²) in [6, 6.07) is 3.95. The highest BCUT2D eigenvalue weighted by Crippen LogP contribution is 2.22. The minimum atomic E-state index is -3.91. The Morgan fingerprint density at radius 3 is 2.38 bits per heavy atom. The largest absolute Gasteiger partial charge is 0.332 e. The number of nitrogens with zero attached hydrogens (tertiary/aromatic N) is 1. The van der Waals surface area contributed by atoms with Crippen molar-refractivity contribution in [3.63, 3.8) is 0 Å². The third-order valence-electron chi connectivity index (χ3n) is 2.75. The molecule has 1 aromatic carbocycles. The van der Waals surface area contributed by atoms with E-state index in [4.69, 9.17) is 5.14 Å². The van der Waals surface area contributed by atoms with E-state index in [0.29, 0.717) is 11.4 Å². The van der Waals surface area contributed by atoms with Crippen LogP contribution in [0.15, 0.2) is 34.3 Å². The predicted octanol–water partition coefficient (Wildman–Crippen LogP) is 0.475. The van der Waals surface area contributed by atoms with E-state index in [0.717, 1.165) is 0 Å². The molecule has 0 unspecified atom stereocenters. The maximum absolute atomic E-state index is 12.2. The Morgan fingerprint density at radius 1 is 1.19 bits per heavy atom. The molecule has 0 bridgehead atoms. The first kappa shape index (κ1) is 15.5. The first-order chi connectivity index (χ1) is 9.59. The van der Waals surface area contributed by atoms with Crippen LogP contribution in [0.3, 0.4) is 0 Å². The van der Waals surface area contributed by atoms with Crippen LogP contribution < -0.4 is 9.86 Å². The van der Waals surface area contributed by atoms with E-state index < -0.39 is 20.0 Å². The van der Waals surface area contributed by atoms with Crippen molar-refractivity contribution in [2.45, 2.75) is 23.8 Å². The Kier molecular flexibility index (Phi) is 3.78. The van der Waals surface area contributed by atoms with Gasteiger partial charge in [-0.1, -0.05) is 6.07 Å². The average molecular weight is 330 g/mol. The van der Waals surface area contributed by atoms with Crippen LogP contribution in [0.5, 0.6) is 0 Å². The van der Waals surface area contributed by atoms with Crippen molar-refractivity contribution in [1.29, 1.82) is 0 Å². The summed E-state index contributed by atoms with van der Waals surface area (Å²) in [5.41, 5.74) is 0.691. The fourth-order valence-electron chi connectivity index (χ4n) is 1.62. The molecule has 0 aliphatic rings. The van der Waals surface area contributed by atoms with Gasteiger partial charge in [0, 0.05) is 0 Å². The number of aromatic nitrogens is 2. The van der Waals surface area contributed by atoms with Crippen molar-refractivity contribution < 1.29 is 16.8 Å². The standard InChI is InChI=1S/C11H14N4O4S2/c1-7-3-4-9(20(12,16)17)5-10(7)15-21(18,19)11-6-13-8(2)14-11/h3-6,15H,1-2H3,(H,13,14)(H2,12,16,17). The molecule has 1 aromatic heterocycles. The van der Waals surface area contributed by atoms with Crippen LogP contribution in [0, 0.1) is 13.8 Å². The van der Waals surface area contributed by atoms with Gasteiger partial charge in [0.15, 0.2) is 5.03 Å². The van der Waals surface area contributed by atoms with Crippen molar-refractivity contribution in [3.8, 4) is 0 Å². The molecule has 0 aliphatic carbocycles. The molecule has 0 radical (unpaired) electrons. The molecule has 21 heavy (non-hydrogen) atoms. The smallest absolute Gasteiger partial charge is 0.278 e. The van der Waals surface area contributed by atoms with Crippen LogP contribution in [-0.2, 0) is 20.0 Å². The van der Waals surface area contributed by atoms with Crippen LogP contribution in [0.4, 0.5) is 5.69 Å². The third-order valence-corrected chi connectivity index (χ3v) is 4.94. The first-order valence-electron chi connectivity index (χ1n) is 5.77. The summed E-state index contributed by atoms with van der Waals surface area (Å²) in [5, 5.41) is 4.92. The summed E-state index contributed by atoms with van der Waals surface area (Å²) >= 11 is 0. The Morgan fingerprint density at radius 2 is 1.86 bits per heavy atom. The minimum Gasteiger partial charge on any atom is -0.332 e. The van der Waals surface area contributed by atoms with Gasteiger partial charge in [-0.05, 0) is 31.5 Å². The fourth-order valence-corrected chi connectivity index (χ4v) is 3.26. The second-order valence-electron chi connectivity index (χ2n) is 4.46. The number of hydrogen-bond donors (Lipinski definition) is 3. The lowest BCUT2D eigenvalue weighted by Crippen LogP contribution is -2.16. The number of nitrogens with one attached hydrogen (secondary N) is 2. The topological polar surface area (TPSA) is 135 Å². The van der Waals surface area contributed by atoms with Gasteiger partial charge < -0.3 is 4.98 Å². The van der Waals surface area contributed by atoms with Gasteiger partial charge in [-0.15, -0.1) is 0 Å². The van der Waals surface area contributed by atoms with Crippen molar-refractivity contribution >= 4 is 25.7 Å². The molecular formula is C11H14N4O4S2. The molecule has 0 fully saturated rings. The van der Waals surface area contributed by atoms with Crippen LogP contribution in [0.2, 0.25) is 0 Å². The molecule has 114 valence electrons. The summed E-state index contributed by atoms with van der Waals surface area (Å²) in [7, 11) is -7.79. The molecule has 2 rings (SSSR count). The molecule has 0 amide bonds. The molecule has 0 saturated heterocycles.